The van der Waals surface area contributed by atoms with E-state index in [-0.39, 0.29) is 23.9 Å². The van der Waals surface area contributed by atoms with E-state index in [2.05, 4.69) is 36.0 Å². The van der Waals surface area contributed by atoms with Crippen LogP contribution in [0.5, 0.6) is 0 Å². The molecule has 2 atom stereocenters. The number of nitrogens with one attached hydrogen (secondary N) is 1. The van der Waals surface area contributed by atoms with Gasteiger partial charge in [-0.2, -0.15) is 11.3 Å². The van der Waals surface area contributed by atoms with Gasteiger partial charge >= 0.3 is 0 Å². The first-order chi connectivity index (χ1) is 9.97. The lowest BCUT2D eigenvalue weighted by atomic mass is 10.0. The summed E-state index contributed by atoms with van der Waals surface area (Å²) in [6, 6.07) is 1.69. The Balaban J connectivity index is 2.07. The van der Waals surface area contributed by atoms with Crippen molar-refractivity contribution < 1.29 is 9.59 Å². The van der Waals surface area contributed by atoms with Gasteiger partial charge in [-0.15, -0.1) is 0 Å². The second-order valence-corrected chi connectivity index (χ2v) is 7.00. The van der Waals surface area contributed by atoms with Crippen LogP contribution in [0.2, 0.25) is 0 Å². The summed E-state index contributed by atoms with van der Waals surface area (Å²) < 4.78 is 0. The number of amides is 2. The fourth-order valence-corrected chi connectivity index (χ4v) is 3.46. The molecule has 5 heteroatoms. The van der Waals surface area contributed by atoms with E-state index in [0.29, 0.717) is 25.3 Å². The summed E-state index contributed by atoms with van der Waals surface area (Å²) in [4.78, 5) is 26.5. The van der Waals surface area contributed by atoms with E-state index in [1.807, 2.05) is 11.8 Å². The highest BCUT2D eigenvalue weighted by molar-refractivity contribution is 7.07. The topological polar surface area (TPSA) is 49.4 Å². The lowest BCUT2D eigenvalue weighted by molar-refractivity contribution is -0.135. The monoisotopic (exact) mass is 308 g/mol. The predicted octanol–water partition coefficient (Wildman–Crippen LogP) is 2.44. The van der Waals surface area contributed by atoms with E-state index in [4.69, 9.17) is 0 Å². The summed E-state index contributed by atoms with van der Waals surface area (Å²) >= 11 is 1.67. The summed E-state index contributed by atoms with van der Waals surface area (Å²) in [5, 5.41) is 7.05. The molecule has 0 aliphatic carbocycles. The molecule has 1 N–H and O–H groups in total. The molecule has 0 saturated carbocycles. The van der Waals surface area contributed by atoms with E-state index < -0.39 is 0 Å². The minimum absolute atomic E-state index is 0.0143. The van der Waals surface area contributed by atoms with Gasteiger partial charge in [0.1, 0.15) is 6.04 Å². The Morgan fingerprint density at radius 3 is 2.81 bits per heavy atom. The average molecular weight is 308 g/mol. The molecule has 1 aromatic rings. The van der Waals surface area contributed by atoms with Crippen molar-refractivity contribution in [1.29, 1.82) is 0 Å². The van der Waals surface area contributed by atoms with Gasteiger partial charge in [-0.1, -0.05) is 13.8 Å². The van der Waals surface area contributed by atoms with Crippen molar-refractivity contribution in [2.45, 2.75) is 52.1 Å². The van der Waals surface area contributed by atoms with Gasteiger partial charge in [0.25, 0.3) is 0 Å². The highest BCUT2D eigenvalue weighted by Gasteiger charge is 2.33. The van der Waals surface area contributed by atoms with Crippen LogP contribution in [0.25, 0.3) is 0 Å². The Labute approximate surface area is 130 Å². The quantitative estimate of drug-likeness (QED) is 0.908. The Kier molecular flexibility index (Phi) is 5.39. The second kappa shape index (κ2) is 7.07. The minimum Gasteiger partial charge on any atom is -0.344 e. The molecule has 4 nitrogen and oxygen atoms in total. The summed E-state index contributed by atoms with van der Waals surface area (Å²) in [6.07, 6.45) is 1.94. The van der Waals surface area contributed by atoms with E-state index in [0.717, 1.165) is 6.42 Å². The molecule has 116 valence electrons. The molecule has 0 radical (unpaired) electrons. The highest BCUT2D eigenvalue weighted by atomic mass is 32.1. The standard InChI is InChI=1S/C16H24N2O2S/c1-11(2)8-14-16(20)18(12(3)9-15(19)17-14)6-4-13-5-7-21-10-13/h5,7,10-12,14H,4,6,8-9H2,1-3H3,(H,17,19). The van der Waals surface area contributed by atoms with Crippen LogP contribution in [-0.4, -0.2) is 35.3 Å². The molecule has 2 rings (SSSR count). The van der Waals surface area contributed by atoms with Gasteiger partial charge in [0, 0.05) is 19.0 Å². The molecule has 0 aromatic carbocycles. The van der Waals surface area contributed by atoms with Crippen molar-refractivity contribution in [3.63, 3.8) is 0 Å². The number of rotatable bonds is 5. The summed E-state index contributed by atoms with van der Waals surface area (Å²) in [5.74, 6) is 0.434. The average Bonchev–Trinajstić information content (AvgIpc) is 2.87. The molecule has 2 heterocycles. The molecule has 0 bridgehead atoms. The Morgan fingerprint density at radius 2 is 2.19 bits per heavy atom. The van der Waals surface area contributed by atoms with Crippen molar-refractivity contribution in [2.24, 2.45) is 5.92 Å². The SMILES string of the molecule is CC(C)CC1NC(=O)CC(C)N(CCc2ccsc2)C1=O. The van der Waals surface area contributed by atoms with Crippen molar-refractivity contribution in [3.8, 4) is 0 Å². The smallest absolute Gasteiger partial charge is 0.245 e. The van der Waals surface area contributed by atoms with Crippen LogP contribution >= 0.6 is 11.3 Å². The molecule has 2 amide bonds. The van der Waals surface area contributed by atoms with Gasteiger partial charge in [0.05, 0.1) is 0 Å². The number of carbonyl (C=O) groups excluding carboxylic acids is 2. The van der Waals surface area contributed by atoms with Crippen LogP contribution in [0.1, 0.15) is 39.2 Å². The molecule has 1 saturated heterocycles. The zero-order valence-electron chi connectivity index (χ0n) is 13.0. The largest absolute Gasteiger partial charge is 0.344 e. The van der Waals surface area contributed by atoms with Crippen LogP contribution in [0.15, 0.2) is 16.8 Å². The maximum atomic E-state index is 12.7. The van der Waals surface area contributed by atoms with Crippen molar-refractivity contribution in [1.82, 2.24) is 10.2 Å². The van der Waals surface area contributed by atoms with Crippen LogP contribution in [0.3, 0.4) is 0 Å². The Bertz CT molecular complexity index is 484. The minimum atomic E-state index is -0.370. The van der Waals surface area contributed by atoms with Crippen LogP contribution in [-0.2, 0) is 16.0 Å². The fourth-order valence-electron chi connectivity index (χ4n) is 2.76. The zero-order valence-corrected chi connectivity index (χ0v) is 13.8. The lowest BCUT2D eigenvalue weighted by Crippen LogP contribution is -2.47. The molecule has 0 spiro atoms. The maximum absolute atomic E-state index is 12.7. The first kappa shape index (κ1) is 16.0. The third-order valence-electron chi connectivity index (χ3n) is 3.86. The van der Waals surface area contributed by atoms with Gasteiger partial charge in [-0.05, 0) is 48.1 Å². The van der Waals surface area contributed by atoms with Crippen LogP contribution in [0.4, 0.5) is 0 Å². The number of nitrogens with zero attached hydrogens (tertiary/aromatic N) is 1. The van der Waals surface area contributed by atoms with E-state index in [1.54, 1.807) is 11.3 Å². The second-order valence-electron chi connectivity index (χ2n) is 6.22. The highest BCUT2D eigenvalue weighted by Crippen LogP contribution is 2.17. The maximum Gasteiger partial charge on any atom is 0.245 e. The first-order valence-corrected chi connectivity index (χ1v) is 8.52. The Hall–Kier alpha value is -1.36. The number of thiophene rings is 1. The molecule has 1 aromatic heterocycles. The van der Waals surface area contributed by atoms with Gasteiger partial charge in [-0.25, -0.2) is 0 Å². The molecule has 1 aliphatic rings. The van der Waals surface area contributed by atoms with Gasteiger partial charge in [-0.3, -0.25) is 9.59 Å². The number of carbonyl (C=O) groups is 2. The molecule has 21 heavy (non-hydrogen) atoms. The predicted molar refractivity (Wildman–Crippen MR) is 85.2 cm³/mol. The third kappa shape index (κ3) is 4.30. The third-order valence-corrected chi connectivity index (χ3v) is 4.59. The normalized spacial score (nSPS) is 23.3. The fraction of sp³-hybridized carbons (Fsp3) is 0.625. The lowest BCUT2D eigenvalue weighted by Gasteiger charge is -2.29. The van der Waals surface area contributed by atoms with Crippen LogP contribution < -0.4 is 5.32 Å². The van der Waals surface area contributed by atoms with Crippen molar-refractivity contribution >= 4 is 23.2 Å². The summed E-state index contributed by atoms with van der Waals surface area (Å²) in [6.45, 7) is 6.79. The summed E-state index contributed by atoms with van der Waals surface area (Å²) in [7, 11) is 0. The molecular weight excluding hydrogens is 284 g/mol. The number of hydrogen-bond acceptors (Lipinski definition) is 3. The van der Waals surface area contributed by atoms with Gasteiger partial charge in [0.15, 0.2) is 0 Å². The van der Waals surface area contributed by atoms with Crippen LogP contribution in [0, 0.1) is 5.92 Å². The Morgan fingerprint density at radius 1 is 1.43 bits per heavy atom. The first-order valence-electron chi connectivity index (χ1n) is 7.58. The van der Waals surface area contributed by atoms with Gasteiger partial charge in [0.2, 0.25) is 11.8 Å². The van der Waals surface area contributed by atoms with E-state index in [1.165, 1.54) is 5.56 Å². The van der Waals surface area contributed by atoms with E-state index >= 15 is 0 Å². The molecular formula is C16H24N2O2S. The number of hydrogen-bond donors (Lipinski definition) is 1. The van der Waals surface area contributed by atoms with Crippen molar-refractivity contribution in [3.05, 3.63) is 22.4 Å². The molecule has 1 fully saturated rings. The molecule has 1 aliphatic heterocycles. The summed E-state index contributed by atoms with van der Waals surface area (Å²) in [5.41, 5.74) is 1.25. The zero-order chi connectivity index (χ0) is 15.4. The van der Waals surface area contributed by atoms with Gasteiger partial charge < -0.3 is 10.2 Å². The van der Waals surface area contributed by atoms with Crippen molar-refractivity contribution in [2.75, 3.05) is 6.54 Å². The van der Waals surface area contributed by atoms with E-state index in [9.17, 15) is 9.59 Å². The molecule has 2 unspecified atom stereocenters.